The first-order chi connectivity index (χ1) is 20.2. The fourth-order valence-corrected chi connectivity index (χ4v) is 16.5. The third-order valence-corrected chi connectivity index (χ3v) is 17.4. The van der Waals surface area contributed by atoms with Crippen molar-refractivity contribution in [3.05, 3.63) is 145 Å². The number of rotatable bonds is 6. The zero-order valence-electron chi connectivity index (χ0n) is 27.2. The molecule has 6 rings (SSSR count). The Morgan fingerprint density at radius 2 is 1.30 bits per heavy atom. The Bertz CT molecular complexity index is 1700. The van der Waals surface area contributed by atoms with Crippen LogP contribution in [0.2, 0.25) is 0 Å². The van der Waals surface area contributed by atoms with Crippen LogP contribution in [0.4, 0.5) is 0 Å². The van der Waals surface area contributed by atoms with Crippen molar-refractivity contribution >= 4 is 6.48 Å². The fourth-order valence-electron chi connectivity index (χ4n) is 7.20. The van der Waals surface area contributed by atoms with Gasteiger partial charge in [0.15, 0.2) is 0 Å². The standard InChI is InChI=1S/C15H14.C13H9.C13H21.2ClH.Zr/c1-12-3-7-14(8-4-12)11-15-9-5-13(2)6-10-15;1-3-7-12-10(5-1)9-11-6-2-4-8-13(11)12;1-6-10-8-11(7-2)12(9-10)13(3,4)5;;;/h3-10H,1-2H3;1-5,7-8H,9H2;9-10H,6-7H2,1-5H3;2*1H;/q;;;;;+2/p-2. The molecule has 0 saturated carbocycles. The molecule has 4 aromatic rings. The summed E-state index contributed by atoms with van der Waals surface area (Å²) in [5.74, 6) is 0.508. The Kier molecular flexibility index (Phi) is 11.0. The summed E-state index contributed by atoms with van der Waals surface area (Å²) in [6, 6.07) is 35.2. The van der Waals surface area contributed by atoms with E-state index in [4.69, 9.17) is 0 Å². The van der Waals surface area contributed by atoms with E-state index in [1.54, 1.807) is 23.2 Å². The van der Waals surface area contributed by atoms with Crippen LogP contribution in [0.3, 0.4) is 0 Å². The third-order valence-electron chi connectivity index (χ3n) is 9.31. The van der Waals surface area contributed by atoms with Crippen molar-refractivity contribution in [2.24, 2.45) is 11.3 Å². The SMILES string of the molecule is CCC1=[C]([Zr+2](=[C](c2ccc(C)cc2)c2ccc(C)cc2)[c]2cccc3c2Cc2ccccc2-3)C(CC)C=C1C(C)(C)C.[Cl-].[Cl-]. The Hall–Kier alpha value is -2.31. The van der Waals surface area contributed by atoms with Gasteiger partial charge in [0.25, 0.3) is 0 Å². The largest absolute Gasteiger partial charge is 1.00 e. The molecule has 0 radical (unpaired) electrons. The van der Waals surface area contributed by atoms with Gasteiger partial charge in [0.05, 0.1) is 0 Å². The molecular formula is C41H44Cl2Zr. The van der Waals surface area contributed by atoms with Crippen molar-refractivity contribution in [3.63, 3.8) is 0 Å². The van der Waals surface area contributed by atoms with E-state index in [2.05, 4.69) is 146 Å². The molecule has 0 aliphatic heterocycles. The monoisotopic (exact) mass is 696 g/mol. The number of aryl methyl sites for hydroxylation is 2. The molecule has 2 aliphatic rings. The van der Waals surface area contributed by atoms with Crippen LogP contribution in [0, 0.1) is 25.2 Å². The van der Waals surface area contributed by atoms with Gasteiger partial charge in [-0.1, -0.05) is 0 Å². The van der Waals surface area contributed by atoms with Gasteiger partial charge in [-0.3, -0.25) is 0 Å². The average Bonchev–Trinajstić information content (AvgIpc) is 3.56. The van der Waals surface area contributed by atoms with Gasteiger partial charge in [0.1, 0.15) is 0 Å². The number of hydrogen-bond acceptors (Lipinski definition) is 0. The van der Waals surface area contributed by atoms with Crippen molar-refractivity contribution in [1.82, 2.24) is 0 Å². The molecule has 3 heteroatoms. The molecule has 0 fully saturated rings. The van der Waals surface area contributed by atoms with Gasteiger partial charge in [-0.05, 0) is 0 Å². The quantitative estimate of drug-likeness (QED) is 0.251. The first kappa shape index (κ1) is 34.6. The van der Waals surface area contributed by atoms with Crippen LogP contribution >= 0.6 is 0 Å². The topological polar surface area (TPSA) is 0 Å². The smallest absolute Gasteiger partial charge is 1.00 e. The molecule has 0 spiro atoms. The normalized spacial score (nSPS) is 15.0. The van der Waals surface area contributed by atoms with Crippen molar-refractivity contribution in [2.45, 2.75) is 67.7 Å². The molecular weight excluding hydrogens is 655 g/mol. The van der Waals surface area contributed by atoms with Gasteiger partial charge in [0.2, 0.25) is 0 Å². The first-order valence-corrected chi connectivity index (χ1v) is 19.4. The second-order valence-electron chi connectivity index (χ2n) is 13.2. The van der Waals surface area contributed by atoms with E-state index in [9.17, 15) is 0 Å². The van der Waals surface area contributed by atoms with E-state index in [1.807, 2.05) is 3.28 Å². The molecule has 2 aliphatic carbocycles. The van der Waals surface area contributed by atoms with Crippen LogP contribution < -0.4 is 28.1 Å². The molecule has 4 aromatic carbocycles. The van der Waals surface area contributed by atoms with Gasteiger partial charge < -0.3 is 24.8 Å². The third kappa shape index (κ3) is 6.36. The number of halogens is 2. The van der Waals surface area contributed by atoms with Gasteiger partial charge in [0, 0.05) is 0 Å². The van der Waals surface area contributed by atoms with Crippen LogP contribution in [0.1, 0.15) is 80.8 Å². The maximum absolute atomic E-state index is 2.81. The summed E-state index contributed by atoms with van der Waals surface area (Å²) >= 11 is -2.81. The molecule has 0 amide bonds. The maximum Gasteiger partial charge on any atom is -1.00 e. The van der Waals surface area contributed by atoms with Crippen LogP contribution in [-0.4, -0.2) is 3.21 Å². The second-order valence-corrected chi connectivity index (χ2v) is 19.0. The van der Waals surface area contributed by atoms with E-state index in [-0.39, 0.29) is 30.2 Å². The van der Waals surface area contributed by atoms with Crippen molar-refractivity contribution in [3.8, 4) is 11.1 Å². The molecule has 0 nitrogen and oxygen atoms in total. The number of benzene rings is 4. The Labute approximate surface area is 285 Å². The van der Waals surface area contributed by atoms with E-state index >= 15 is 0 Å². The second kappa shape index (κ2) is 14.0. The Balaban J connectivity index is 0.00000221. The molecule has 0 heterocycles. The molecule has 0 N–H and O–H groups in total. The summed E-state index contributed by atoms with van der Waals surface area (Å²) in [6.45, 7) is 16.5. The van der Waals surface area contributed by atoms with Gasteiger partial charge in [-0.25, -0.2) is 0 Å². The number of hydrogen-bond donors (Lipinski definition) is 0. The molecule has 44 heavy (non-hydrogen) atoms. The summed E-state index contributed by atoms with van der Waals surface area (Å²) in [5, 5.41) is 0. The van der Waals surface area contributed by atoms with E-state index < -0.39 is 21.3 Å². The van der Waals surface area contributed by atoms with Crippen LogP contribution in [-0.2, 0) is 27.7 Å². The minimum atomic E-state index is -2.81. The predicted octanol–water partition coefficient (Wildman–Crippen LogP) is 4.07. The summed E-state index contributed by atoms with van der Waals surface area (Å²) in [6.07, 6.45) is 5.98. The van der Waals surface area contributed by atoms with Crippen LogP contribution in [0.15, 0.2) is 111 Å². The molecule has 1 atom stereocenters. The maximum atomic E-state index is 2.68. The Morgan fingerprint density at radius 1 is 0.727 bits per heavy atom. The first-order valence-electron chi connectivity index (χ1n) is 15.8. The van der Waals surface area contributed by atoms with Crippen LogP contribution in [0.25, 0.3) is 11.1 Å². The summed E-state index contributed by atoms with van der Waals surface area (Å²) < 4.78 is 5.11. The molecule has 0 bridgehead atoms. The summed E-state index contributed by atoms with van der Waals surface area (Å²) in [7, 11) is 0. The molecule has 0 aromatic heterocycles. The molecule has 0 saturated heterocycles. The van der Waals surface area contributed by atoms with Crippen molar-refractivity contribution in [1.29, 1.82) is 0 Å². The number of fused-ring (bicyclic) bond motifs is 3. The Morgan fingerprint density at radius 3 is 1.84 bits per heavy atom. The van der Waals surface area contributed by atoms with E-state index in [1.165, 1.54) is 38.9 Å². The van der Waals surface area contributed by atoms with Crippen LogP contribution in [0.5, 0.6) is 0 Å². The minimum Gasteiger partial charge on any atom is -1.00 e. The van der Waals surface area contributed by atoms with Crippen molar-refractivity contribution < 1.29 is 46.1 Å². The van der Waals surface area contributed by atoms with E-state index in [0.717, 1.165) is 19.3 Å². The van der Waals surface area contributed by atoms with E-state index in [0.29, 0.717) is 5.92 Å². The van der Waals surface area contributed by atoms with Crippen molar-refractivity contribution in [2.75, 3.05) is 0 Å². The fraction of sp³-hybridized carbons (Fsp3) is 0.293. The molecule has 226 valence electrons. The zero-order valence-corrected chi connectivity index (χ0v) is 31.2. The van der Waals surface area contributed by atoms with Gasteiger partial charge in [-0.2, -0.15) is 0 Å². The summed E-state index contributed by atoms with van der Waals surface area (Å²) in [4.78, 5) is 0. The number of allylic oxidation sites excluding steroid dienone is 4. The minimum absolute atomic E-state index is 0. The molecule has 1 unspecified atom stereocenters. The summed E-state index contributed by atoms with van der Waals surface area (Å²) in [5.41, 5.74) is 14.8. The van der Waals surface area contributed by atoms with Gasteiger partial charge >= 0.3 is 263 Å². The average molecular weight is 699 g/mol. The van der Waals surface area contributed by atoms with Gasteiger partial charge in [-0.15, -0.1) is 0 Å². The zero-order chi connectivity index (χ0) is 29.6. The predicted molar refractivity (Wildman–Crippen MR) is 179 cm³/mol.